The lowest BCUT2D eigenvalue weighted by atomic mass is 10.0. The van der Waals surface area contributed by atoms with E-state index >= 15 is 0 Å². The largest absolute Gasteiger partial charge is 0.466 e. The van der Waals surface area contributed by atoms with Crippen molar-refractivity contribution in [2.45, 2.75) is 6.92 Å². The molecule has 0 aromatic heterocycles. The Morgan fingerprint density at radius 1 is 1.10 bits per heavy atom. The Balaban J connectivity index is 2.07. The van der Waals surface area contributed by atoms with Gasteiger partial charge < -0.3 is 9.64 Å². The molecule has 0 saturated carbocycles. The molecule has 0 radical (unpaired) electrons. The van der Waals surface area contributed by atoms with Gasteiger partial charge in [-0.2, -0.15) is 0 Å². The zero-order valence-corrected chi connectivity index (χ0v) is 12.2. The van der Waals surface area contributed by atoms with Crippen molar-refractivity contribution in [1.29, 1.82) is 0 Å². The molecule has 1 aliphatic heterocycles. The second kappa shape index (κ2) is 5.44. The highest BCUT2D eigenvalue weighted by Crippen LogP contribution is 2.34. The molecule has 0 unspecified atom stereocenters. The molecule has 3 heteroatoms. The van der Waals surface area contributed by atoms with Crippen LogP contribution < -0.4 is 4.90 Å². The lowest BCUT2D eigenvalue weighted by molar-refractivity contribution is -0.136. The molecule has 21 heavy (non-hydrogen) atoms. The summed E-state index contributed by atoms with van der Waals surface area (Å²) in [6, 6.07) is 16.4. The number of ether oxygens (including phenoxy) is 1. The van der Waals surface area contributed by atoms with E-state index in [1.165, 1.54) is 12.7 Å². The highest BCUT2D eigenvalue weighted by molar-refractivity contribution is 5.98. The Labute approximate surface area is 124 Å². The summed E-state index contributed by atoms with van der Waals surface area (Å²) in [5.74, 6) is -0.276. The molecule has 0 atom stereocenters. The number of carbonyl (C=O) groups is 1. The van der Waals surface area contributed by atoms with Crippen molar-refractivity contribution < 1.29 is 9.53 Å². The van der Waals surface area contributed by atoms with E-state index in [-0.39, 0.29) is 5.97 Å². The van der Waals surface area contributed by atoms with E-state index in [9.17, 15) is 4.79 Å². The van der Waals surface area contributed by atoms with Gasteiger partial charge in [0.05, 0.1) is 19.2 Å². The molecule has 2 aromatic carbocycles. The molecule has 0 amide bonds. The molecule has 1 heterocycles. The zero-order valence-electron chi connectivity index (χ0n) is 12.2. The standard InChI is InChI=1S/C18H17NO2/c1-13-7-9-16(10-8-13)19-12-15(18(20)21-2)11-14-5-3-4-6-17(14)19/h3-11H,12H2,1-2H3. The minimum atomic E-state index is -0.276. The molecule has 0 fully saturated rings. The Morgan fingerprint density at radius 3 is 2.52 bits per heavy atom. The minimum Gasteiger partial charge on any atom is -0.466 e. The first-order valence-corrected chi connectivity index (χ1v) is 6.91. The van der Waals surface area contributed by atoms with Crippen molar-refractivity contribution in [1.82, 2.24) is 0 Å². The van der Waals surface area contributed by atoms with Gasteiger partial charge in [-0.05, 0) is 36.8 Å². The van der Waals surface area contributed by atoms with Crippen LogP contribution >= 0.6 is 0 Å². The first kappa shape index (κ1) is 13.4. The van der Waals surface area contributed by atoms with Crippen LogP contribution in [0.1, 0.15) is 11.1 Å². The maximum atomic E-state index is 11.9. The molecule has 0 N–H and O–H groups in total. The molecule has 106 valence electrons. The van der Waals surface area contributed by atoms with E-state index in [2.05, 4.69) is 42.2 Å². The van der Waals surface area contributed by atoms with Gasteiger partial charge in [-0.15, -0.1) is 0 Å². The summed E-state index contributed by atoms with van der Waals surface area (Å²) >= 11 is 0. The van der Waals surface area contributed by atoms with Gasteiger partial charge >= 0.3 is 5.97 Å². The summed E-state index contributed by atoms with van der Waals surface area (Å²) in [5.41, 5.74) is 5.09. The quantitative estimate of drug-likeness (QED) is 0.785. The van der Waals surface area contributed by atoms with Crippen LogP contribution in [-0.2, 0) is 9.53 Å². The molecule has 1 aliphatic rings. The average Bonchev–Trinajstić information content (AvgIpc) is 2.54. The molecular formula is C18H17NO2. The van der Waals surface area contributed by atoms with Crippen molar-refractivity contribution >= 4 is 23.4 Å². The molecule has 3 rings (SSSR count). The van der Waals surface area contributed by atoms with Crippen molar-refractivity contribution in [3.05, 3.63) is 65.2 Å². The van der Waals surface area contributed by atoms with Crippen molar-refractivity contribution in [3.8, 4) is 0 Å². The first-order chi connectivity index (χ1) is 10.2. The second-order valence-electron chi connectivity index (χ2n) is 5.14. The fourth-order valence-corrected chi connectivity index (χ4v) is 2.55. The number of para-hydroxylation sites is 1. The smallest absolute Gasteiger partial charge is 0.335 e. The number of aryl methyl sites for hydroxylation is 1. The number of carbonyl (C=O) groups excluding carboxylic acids is 1. The van der Waals surface area contributed by atoms with Crippen LogP contribution in [0, 0.1) is 6.92 Å². The van der Waals surface area contributed by atoms with Crippen LogP contribution in [0.5, 0.6) is 0 Å². The highest BCUT2D eigenvalue weighted by atomic mass is 16.5. The van der Waals surface area contributed by atoms with E-state index in [0.29, 0.717) is 12.1 Å². The Kier molecular flexibility index (Phi) is 3.48. The van der Waals surface area contributed by atoms with E-state index < -0.39 is 0 Å². The van der Waals surface area contributed by atoms with Gasteiger partial charge in [-0.3, -0.25) is 0 Å². The third-order valence-corrected chi connectivity index (χ3v) is 3.68. The van der Waals surface area contributed by atoms with Crippen LogP contribution in [0.25, 0.3) is 6.08 Å². The predicted octanol–water partition coefficient (Wildman–Crippen LogP) is 3.70. The third-order valence-electron chi connectivity index (χ3n) is 3.68. The molecule has 0 spiro atoms. The second-order valence-corrected chi connectivity index (χ2v) is 5.14. The van der Waals surface area contributed by atoms with E-state index in [1.807, 2.05) is 24.3 Å². The summed E-state index contributed by atoms with van der Waals surface area (Å²) in [6.07, 6.45) is 1.91. The molecule has 3 nitrogen and oxygen atoms in total. The van der Waals surface area contributed by atoms with Gasteiger partial charge in [0, 0.05) is 11.4 Å². The number of rotatable bonds is 2. The predicted molar refractivity (Wildman–Crippen MR) is 84.6 cm³/mol. The SMILES string of the molecule is COC(=O)C1=Cc2ccccc2N(c2ccc(C)cc2)C1. The van der Waals surface area contributed by atoms with Gasteiger partial charge in [0.15, 0.2) is 0 Å². The number of hydrogen-bond acceptors (Lipinski definition) is 3. The van der Waals surface area contributed by atoms with Crippen LogP contribution in [0.3, 0.4) is 0 Å². The van der Waals surface area contributed by atoms with Crippen LogP contribution in [0.15, 0.2) is 54.1 Å². The normalized spacial score (nSPS) is 13.4. The maximum absolute atomic E-state index is 11.9. The summed E-state index contributed by atoms with van der Waals surface area (Å²) in [5, 5.41) is 0. The van der Waals surface area contributed by atoms with Crippen molar-refractivity contribution in [2.75, 3.05) is 18.6 Å². The number of methoxy groups -OCH3 is 1. The van der Waals surface area contributed by atoms with Crippen molar-refractivity contribution in [2.24, 2.45) is 0 Å². The summed E-state index contributed by atoms with van der Waals surface area (Å²) in [6.45, 7) is 2.58. The van der Waals surface area contributed by atoms with Crippen LogP contribution in [-0.4, -0.2) is 19.6 Å². The van der Waals surface area contributed by atoms with E-state index in [4.69, 9.17) is 4.74 Å². The maximum Gasteiger partial charge on any atom is 0.335 e. The number of esters is 1. The number of nitrogens with zero attached hydrogens (tertiary/aromatic N) is 1. The molecular weight excluding hydrogens is 262 g/mol. The molecule has 0 bridgehead atoms. The van der Waals surface area contributed by atoms with Gasteiger partial charge in [-0.25, -0.2) is 4.79 Å². The van der Waals surface area contributed by atoms with Crippen molar-refractivity contribution in [3.63, 3.8) is 0 Å². The summed E-state index contributed by atoms with van der Waals surface area (Å²) in [7, 11) is 1.42. The Bertz CT molecular complexity index is 701. The number of fused-ring (bicyclic) bond motifs is 1. The Hall–Kier alpha value is -2.55. The minimum absolute atomic E-state index is 0.276. The Morgan fingerprint density at radius 2 is 1.81 bits per heavy atom. The summed E-state index contributed by atoms with van der Waals surface area (Å²) in [4.78, 5) is 14.0. The molecule has 0 saturated heterocycles. The average molecular weight is 279 g/mol. The number of anilines is 2. The lowest BCUT2D eigenvalue weighted by Gasteiger charge is -2.30. The number of benzene rings is 2. The van der Waals surface area contributed by atoms with Gasteiger partial charge in [0.1, 0.15) is 0 Å². The third kappa shape index (κ3) is 2.55. The van der Waals surface area contributed by atoms with E-state index in [0.717, 1.165) is 16.9 Å². The molecule has 0 aliphatic carbocycles. The molecule has 2 aromatic rings. The van der Waals surface area contributed by atoms with Gasteiger partial charge in [-0.1, -0.05) is 35.9 Å². The van der Waals surface area contributed by atoms with Crippen LogP contribution in [0.4, 0.5) is 11.4 Å². The lowest BCUT2D eigenvalue weighted by Crippen LogP contribution is -2.27. The van der Waals surface area contributed by atoms with Crippen LogP contribution in [0.2, 0.25) is 0 Å². The fraction of sp³-hybridized carbons (Fsp3) is 0.167. The first-order valence-electron chi connectivity index (χ1n) is 6.91. The summed E-state index contributed by atoms with van der Waals surface area (Å²) < 4.78 is 4.87. The monoisotopic (exact) mass is 279 g/mol. The van der Waals surface area contributed by atoms with Gasteiger partial charge in [0.2, 0.25) is 0 Å². The fourth-order valence-electron chi connectivity index (χ4n) is 2.55. The zero-order chi connectivity index (χ0) is 14.8. The van der Waals surface area contributed by atoms with Gasteiger partial charge in [0.25, 0.3) is 0 Å². The highest BCUT2D eigenvalue weighted by Gasteiger charge is 2.23. The topological polar surface area (TPSA) is 29.5 Å². The number of hydrogen-bond donors (Lipinski definition) is 0. The van der Waals surface area contributed by atoms with E-state index in [1.54, 1.807) is 0 Å².